The van der Waals surface area contributed by atoms with Crippen molar-refractivity contribution in [3.63, 3.8) is 0 Å². The first-order valence-electron chi connectivity index (χ1n) is 4.22. The summed E-state index contributed by atoms with van der Waals surface area (Å²) in [5.74, 6) is 0.0428. The minimum Gasteiger partial charge on any atom is -0.294 e. The summed E-state index contributed by atoms with van der Waals surface area (Å²) in [4.78, 5) is 11.3. The number of rotatable bonds is 1. The van der Waals surface area contributed by atoms with Crippen molar-refractivity contribution in [1.29, 1.82) is 0 Å². The number of carbonyl (C=O) groups is 1. The minimum absolute atomic E-state index is 0.0428. The van der Waals surface area contributed by atoms with Crippen molar-refractivity contribution in [2.45, 2.75) is 6.92 Å². The maximum atomic E-state index is 11.3. The molecular formula is C10H9BrN2O. The molecule has 1 aromatic heterocycles. The Hall–Kier alpha value is -1.16. The van der Waals surface area contributed by atoms with Crippen LogP contribution in [0.5, 0.6) is 0 Å². The first-order valence-corrected chi connectivity index (χ1v) is 5.01. The number of ketones is 1. The van der Waals surface area contributed by atoms with Gasteiger partial charge in [0.1, 0.15) is 5.52 Å². The van der Waals surface area contributed by atoms with Crippen molar-refractivity contribution in [2.75, 3.05) is 0 Å². The number of halogens is 1. The Morgan fingerprint density at radius 3 is 2.86 bits per heavy atom. The predicted molar refractivity (Wildman–Crippen MR) is 58.4 cm³/mol. The fourth-order valence-corrected chi connectivity index (χ4v) is 1.89. The van der Waals surface area contributed by atoms with Crippen molar-refractivity contribution in [3.05, 3.63) is 28.4 Å². The van der Waals surface area contributed by atoms with Gasteiger partial charge in [-0.3, -0.25) is 9.48 Å². The van der Waals surface area contributed by atoms with Gasteiger partial charge in [0, 0.05) is 28.7 Å². The van der Waals surface area contributed by atoms with Gasteiger partial charge < -0.3 is 0 Å². The molecule has 0 N–H and O–H groups in total. The number of benzene rings is 1. The zero-order valence-electron chi connectivity index (χ0n) is 7.91. The fraction of sp³-hybridized carbons (Fsp3) is 0.200. The van der Waals surface area contributed by atoms with Crippen LogP contribution in [0.1, 0.15) is 17.3 Å². The van der Waals surface area contributed by atoms with Crippen molar-refractivity contribution in [3.8, 4) is 0 Å². The Labute approximate surface area is 89.8 Å². The summed E-state index contributed by atoms with van der Waals surface area (Å²) in [5, 5.41) is 5.23. The summed E-state index contributed by atoms with van der Waals surface area (Å²) < 4.78 is 2.67. The number of nitrogens with zero attached hydrogens (tertiary/aromatic N) is 2. The zero-order chi connectivity index (χ0) is 10.3. The minimum atomic E-state index is 0.0428. The summed E-state index contributed by atoms with van der Waals surface area (Å²) in [5.41, 5.74) is 1.43. The van der Waals surface area contributed by atoms with Crippen molar-refractivity contribution < 1.29 is 4.79 Å². The van der Waals surface area contributed by atoms with Crippen LogP contribution in [0, 0.1) is 0 Å². The number of aromatic nitrogens is 2. The van der Waals surface area contributed by atoms with E-state index in [4.69, 9.17) is 0 Å². The average molecular weight is 253 g/mol. The highest BCUT2D eigenvalue weighted by atomic mass is 79.9. The van der Waals surface area contributed by atoms with Crippen LogP contribution in [0.25, 0.3) is 10.9 Å². The molecule has 14 heavy (non-hydrogen) atoms. The Morgan fingerprint density at radius 1 is 1.50 bits per heavy atom. The molecule has 0 bridgehead atoms. The highest BCUT2D eigenvalue weighted by molar-refractivity contribution is 9.10. The first kappa shape index (κ1) is 9.40. The summed E-state index contributed by atoms with van der Waals surface area (Å²) >= 11 is 3.43. The summed E-state index contributed by atoms with van der Waals surface area (Å²) in [6.07, 6.45) is 1.89. The second-order valence-corrected chi connectivity index (χ2v) is 4.07. The Morgan fingerprint density at radius 2 is 2.21 bits per heavy atom. The molecule has 0 amide bonds. The molecule has 0 spiro atoms. The third-order valence-corrected chi connectivity index (χ3v) is 2.81. The highest BCUT2D eigenvalue weighted by Crippen LogP contribution is 2.25. The van der Waals surface area contributed by atoms with E-state index in [0.717, 1.165) is 15.4 Å². The number of carbonyl (C=O) groups excluding carboxylic acids is 1. The normalized spacial score (nSPS) is 10.8. The first-order chi connectivity index (χ1) is 6.59. The summed E-state index contributed by atoms with van der Waals surface area (Å²) in [7, 11) is 1.84. The SMILES string of the molecule is CC(=O)c1ccc(Br)c2cn(C)nc12. The molecule has 0 aliphatic rings. The van der Waals surface area contributed by atoms with Crippen LogP contribution in [0.15, 0.2) is 22.8 Å². The van der Waals surface area contributed by atoms with E-state index in [1.165, 1.54) is 0 Å². The van der Waals surface area contributed by atoms with Gasteiger partial charge in [0.2, 0.25) is 0 Å². The number of hydrogen-bond donors (Lipinski definition) is 0. The lowest BCUT2D eigenvalue weighted by Gasteiger charge is -1.97. The lowest BCUT2D eigenvalue weighted by atomic mass is 10.1. The van der Waals surface area contributed by atoms with Gasteiger partial charge in [-0.05, 0) is 19.1 Å². The third kappa shape index (κ3) is 1.35. The van der Waals surface area contributed by atoms with Gasteiger partial charge >= 0.3 is 0 Å². The Balaban J connectivity index is 2.87. The van der Waals surface area contributed by atoms with Crippen LogP contribution in [0.4, 0.5) is 0 Å². The van der Waals surface area contributed by atoms with E-state index in [-0.39, 0.29) is 5.78 Å². The van der Waals surface area contributed by atoms with E-state index in [1.54, 1.807) is 17.7 Å². The monoisotopic (exact) mass is 252 g/mol. The fourth-order valence-electron chi connectivity index (χ4n) is 1.47. The molecule has 72 valence electrons. The molecule has 0 aliphatic heterocycles. The third-order valence-electron chi connectivity index (χ3n) is 2.12. The summed E-state index contributed by atoms with van der Waals surface area (Å²) in [6.45, 7) is 1.55. The van der Waals surface area contributed by atoms with Gasteiger partial charge in [-0.15, -0.1) is 0 Å². The molecular weight excluding hydrogens is 244 g/mol. The van der Waals surface area contributed by atoms with Crippen LogP contribution in [-0.2, 0) is 7.05 Å². The van der Waals surface area contributed by atoms with E-state index >= 15 is 0 Å². The number of fused-ring (bicyclic) bond motifs is 1. The topological polar surface area (TPSA) is 34.9 Å². The van der Waals surface area contributed by atoms with Crippen LogP contribution in [0.2, 0.25) is 0 Å². The Kier molecular flexibility index (Phi) is 2.15. The van der Waals surface area contributed by atoms with Crippen LogP contribution in [0.3, 0.4) is 0 Å². The van der Waals surface area contributed by atoms with E-state index in [9.17, 15) is 4.79 Å². The molecule has 0 aliphatic carbocycles. The molecule has 0 fully saturated rings. The molecule has 0 saturated heterocycles. The second kappa shape index (κ2) is 3.20. The molecule has 0 radical (unpaired) electrons. The molecule has 0 saturated carbocycles. The zero-order valence-corrected chi connectivity index (χ0v) is 9.50. The largest absolute Gasteiger partial charge is 0.294 e. The number of Topliss-reactive ketones (excluding diaryl/α,β-unsaturated/α-hetero) is 1. The number of hydrogen-bond acceptors (Lipinski definition) is 2. The van der Waals surface area contributed by atoms with Gasteiger partial charge in [0.15, 0.2) is 5.78 Å². The van der Waals surface area contributed by atoms with Gasteiger partial charge in [-0.1, -0.05) is 15.9 Å². The molecule has 2 aromatic rings. The molecule has 3 nitrogen and oxygen atoms in total. The van der Waals surface area contributed by atoms with Crippen molar-refractivity contribution in [1.82, 2.24) is 9.78 Å². The Bertz CT molecular complexity index is 516. The molecule has 4 heteroatoms. The standard InChI is InChI=1S/C10H9BrN2O/c1-6(14)7-3-4-9(11)8-5-13(2)12-10(7)8/h3-5H,1-2H3. The van der Waals surface area contributed by atoms with Crippen LogP contribution >= 0.6 is 15.9 Å². The van der Waals surface area contributed by atoms with E-state index < -0.39 is 0 Å². The lowest BCUT2D eigenvalue weighted by molar-refractivity contribution is 0.101. The predicted octanol–water partition coefficient (Wildman–Crippen LogP) is 2.54. The molecule has 0 unspecified atom stereocenters. The lowest BCUT2D eigenvalue weighted by Crippen LogP contribution is -1.94. The number of aryl methyl sites for hydroxylation is 1. The smallest absolute Gasteiger partial charge is 0.162 e. The maximum absolute atomic E-state index is 11.3. The van der Waals surface area contributed by atoms with Crippen molar-refractivity contribution in [2.24, 2.45) is 7.05 Å². The molecule has 2 rings (SSSR count). The summed E-state index contributed by atoms with van der Waals surface area (Å²) in [6, 6.07) is 3.67. The van der Waals surface area contributed by atoms with E-state index in [1.807, 2.05) is 19.3 Å². The maximum Gasteiger partial charge on any atom is 0.162 e. The van der Waals surface area contributed by atoms with Crippen LogP contribution < -0.4 is 0 Å². The van der Waals surface area contributed by atoms with Crippen molar-refractivity contribution >= 4 is 32.6 Å². The molecule has 1 heterocycles. The highest BCUT2D eigenvalue weighted by Gasteiger charge is 2.10. The van der Waals surface area contributed by atoms with Gasteiger partial charge in [-0.2, -0.15) is 5.10 Å². The van der Waals surface area contributed by atoms with Gasteiger partial charge in [-0.25, -0.2) is 0 Å². The van der Waals surface area contributed by atoms with Gasteiger partial charge in [0.05, 0.1) is 0 Å². The van der Waals surface area contributed by atoms with E-state index in [2.05, 4.69) is 21.0 Å². The van der Waals surface area contributed by atoms with E-state index in [0.29, 0.717) is 5.56 Å². The molecule has 1 aromatic carbocycles. The quantitative estimate of drug-likeness (QED) is 0.732. The van der Waals surface area contributed by atoms with Crippen LogP contribution in [-0.4, -0.2) is 15.6 Å². The van der Waals surface area contributed by atoms with Gasteiger partial charge in [0.25, 0.3) is 0 Å². The average Bonchev–Trinajstić information content (AvgIpc) is 2.47. The second-order valence-electron chi connectivity index (χ2n) is 3.22. The molecule has 0 atom stereocenters.